The van der Waals surface area contributed by atoms with Gasteiger partial charge < -0.3 is 15.0 Å². The van der Waals surface area contributed by atoms with Crippen molar-refractivity contribution in [2.45, 2.75) is 31.3 Å². The molecule has 6 nitrogen and oxygen atoms in total. The Morgan fingerprint density at radius 2 is 1.32 bits per heavy atom. The van der Waals surface area contributed by atoms with Crippen LogP contribution in [0.15, 0.2) is 115 Å². The molecule has 1 N–H and O–H groups in total. The highest BCUT2D eigenvalue weighted by molar-refractivity contribution is 6.00. The highest BCUT2D eigenvalue weighted by atomic mass is 16.5. The molecule has 4 aromatic carbocycles. The maximum atomic E-state index is 14.4. The van der Waals surface area contributed by atoms with Crippen LogP contribution in [-0.4, -0.2) is 42.4 Å². The van der Waals surface area contributed by atoms with Crippen molar-refractivity contribution in [3.8, 4) is 0 Å². The van der Waals surface area contributed by atoms with Crippen LogP contribution in [0, 0.1) is 12.8 Å². The van der Waals surface area contributed by atoms with E-state index in [1.165, 1.54) is 7.11 Å². The second kappa shape index (κ2) is 12.6. The summed E-state index contributed by atoms with van der Waals surface area (Å²) < 4.78 is 5.35. The van der Waals surface area contributed by atoms with Crippen molar-refractivity contribution in [3.63, 3.8) is 0 Å². The van der Waals surface area contributed by atoms with Gasteiger partial charge >= 0.3 is 5.97 Å². The van der Waals surface area contributed by atoms with Gasteiger partial charge in [0.2, 0.25) is 5.91 Å². The zero-order chi connectivity index (χ0) is 28.8. The second-order valence-electron chi connectivity index (χ2n) is 10.4. The highest BCUT2D eigenvalue weighted by Gasteiger charge is 2.58. The van der Waals surface area contributed by atoms with Gasteiger partial charge in [0.15, 0.2) is 0 Å². The zero-order valence-corrected chi connectivity index (χ0v) is 23.3. The van der Waals surface area contributed by atoms with Gasteiger partial charge in [0, 0.05) is 18.0 Å². The van der Waals surface area contributed by atoms with Crippen LogP contribution in [0.1, 0.15) is 44.6 Å². The van der Waals surface area contributed by atoms with E-state index in [2.05, 4.69) is 5.32 Å². The maximum absolute atomic E-state index is 14.4. The number of hydrogen-bond donors (Lipinski definition) is 1. The average molecular weight is 547 g/mol. The first kappa shape index (κ1) is 27.8. The largest absolute Gasteiger partial charge is 0.469 e. The third-order valence-electron chi connectivity index (χ3n) is 7.82. The fraction of sp³-hybridized carbons (Fsp3) is 0.229. The molecule has 0 saturated carbocycles. The summed E-state index contributed by atoms with van der Waals surface area (Å²) in [4.78, 5) is 43.8. The van der Waals surface area contributed by atoms with Crippen molar-refractivity contribution >= 4 is 17.8 Å². The maximum Gasteiger partial charge on any atom is 0.311 e. The van der Waals surface area contributed by atoms with E-state index in [0.717, 1.165) is 22.3 Å². The van der Waals surface area contributed by atoms with Crippen LogP contribution in [-0.2, 0) is 20.7 Å². The highest BCUT2D eigenvalue weighted by Crippen LogP contribution is 2.51. The fourth-order valence-corrected chi connectivity index (χ4v) is 5.87. The molecule has 0 spiro atoms. The van der Waals surface area contributed by atoms with E-state index in [4.69, 9.17) is 4.74 Å². The lowest BCUT2D eigenvalue weighted by Crippen LogP contribution is -2.49. The van der Waals surface area contributed by atoms with Gasteiger partial charge in [-0.3, -0.25) is 14.4 Å². The van der Waals surface area contributed by atoms with Gasteiger partial charge in [-0.2, -0.15) is 0 Å². The normalized spacial score (nSPS) is 19.9. The Morgan fingerprint density at radius 3 is 1.90 bits per heavy atom. The molecule has 0 radical (unpaired) electrons. The number of aryl methyl sites for hydroxylation is 1. The monoisotopic (exact) mass is 546 g/mol. The lowest BCUT2D eigenvalue weighted by atomic mass is 9.80. The van der Waals surface area contributed by atoms with Crippen LogP contribution in [0.25, 0.3) is 0 Å². The summed E-state index contributed by atoms with van der Waals surface area (Å²) in [5, 5.41) is 3.08. The molecule has 208 valence electrons. The minimum Gasteiger partial charge on any atom is -0.469 e. The van der Waals surface area contributed by atoms with Crippen molar-refractivity contribution in [3.05, 3.63) is 143 Å². The van der Waals surface area contributed by atoms with Gasteiger partial charge in [-0.15, -0.1) is 0 Å². The van der Waals surface area contributed by atoms with Gasteiger partial charge in [0.25, 0.3) is 5.91 Å². The average Bonchev–Trinajstić information content (AvgIpc) is 3.38. The number of nitrogens with zero attached hydrogens (tertiary/aromatic N) is 1. The molecule has 4 atom stereocenters. The predicted molar refractivity (Wildman–Crippen MR) is 158 cm³/mol. The third kappa shape index (κ3) is 5.92. The van der Waals surface area contributed by atoms with E-state index in [0.29, 0.717) is 18.5 Å². The molecule has 1 aliphatic heterocycles. The second-order valence-corrected chi connectivity index (χ2v) is 10.4. The number of rotatable bonds is 8. The van der Waals surface area contributed by atoms with Crippen LogP contribution in [0.3, 0.4) is 0 Å². The minimum absolute atomic E-state index is 0.303. The van der Waals surface area contributed by atoms with E-state index in [1.807, 2.05) is 110 Å². The Labute approximate surface area is 241 Å². The van der Waals surface area contributed by atoms with Crippen LogP contribution in [0.5, 0.6) is 0 Å². The number of likely N-dealkylation sites (tertiary alicyclic amines) is 1. The van der Waals surface area contributed by atoms with Crippen LogP contribution >= 0.6 is 0 Å². The Kier molecular flexibility index (Phi) is 8.59. The van der Waals surface area contributed by atoms with Crippen molar-refractivity contribution in [2.75, 3.05) is 13.7 Å². The summed E-state index contributed by atoms with van der Waals surface area (Å²) in [6.07, 6.45) is 0.643. The van der Waals surface area contributed by atoms with E-state index >= 15 is 0 Å². The molecule has 5 rings (SSSR count). The van der Waals surface area contributed by atoms with Crippen molar-refractivity contribution in [1.82, 2.24) is 10.2 Å². The fourth-order valence-electron chi connectivity index (χ4n) is 5.87. The first-order valence-electron chi connectivity index (χ1n) is 13.9. The molecule has 4 unspecified atom stereocenters. The Bertz CT molecular complexity index is 1470. The summed E-state index contributed by atoms with van der Waals surface area (Å²) in [5.41, 5.74) is 4.14. The van der Waals surface area contributed by atoms with Crippen LogP contribution < -0.4 is 5.32 Å². The summed E-state index contributed by atoms with van der Waals surface area (Å²) in [6.45, 7) is 2.35. The molecule has 2 amide bonds. The van der Waals surface area contributed by atoms with Gasteiger partial charge in [-0.1, -0.05) is 109 Å². The molecule has 0 bridgehead atoms. The molecule has 1 saturated heterocycles. The molecule has 1 heterocycles. The van der Waals surface area contributed by atoms with Crippen LogP contribution in [0.4, 0.5) is 0 Å². The van der Waals surface area contributed by atoms with E-state index < -0.39 is 29.9 Å². The third-order valence-corrected chi connectivity index (χ3v) is 7.82. The zero-order valence-electron chi connectivity index (χ0n) is 23.3. The molecule has 1 aliphatic rings. The number of hydrogen-bond acceptors (Lipinski definition) is 4. The molecule has 1 fully saturated rings. The first-order valence-corrected chi connectivity index (χ1v) is 13.9. The van der Waals surface area contributed by atoms with Gasteiger partial charge in [-0.05, 0) is 42.2 Å². The summed E-state index contributed by atoms with van der Waals surface area (Å²) in [7, 11) is 1.35. The Balaban J connectivity index is 1.62. The summed E-state index contributed by atoms with van der Waals surface area (Å²) in [5.74, 6) is -2.50. The number of amides is 2. The quantitative estimate of drug-likeness (QED) is 0.297. The molecule has 41 heavy (non-hydrogen) atoms. The standard InChI is InChI=1S/C35H34N2O4/c1-24-18-20-28(21-19-24)34(39)37-31(27-16-10-5-11-17-27)30(35(40)41-2)29(26-14-8-4-9-15-26)32(37)33(38)36-23-22-25-12-6-3-7-13-25/h3-21,29-32H,22-23H2,1-2H3,(H,36,38). The SMILES string of the molecule is COC(=O)C1C(c2ccccc2)C(C(=O)NCCc2ccccc2)N(C(=O)c2ccc(C)cc2)C1c1ccccc1. The number of carbonyl (C=O) groups excluding carboxylic acids is 3. The molecular weight excluding hydrogens is 512 g/mol. The Hall–Kier alpha value is -4.71. The molecule has 4 aromatic rings. The lowest BCUT2D eigenvalue weighted by molar-refractivity contribution is -0.146. The van der Waals surface area contributed by atoms with Gasteiger partial charge in [0.1, 0.15) is 6.04 Å². The van der Waals surface area contributed by atoms with Gasteiger partial charge in [0.05, 0.1) is 19.1 Å². The van der Waals surface area contributed by atoms with E-state index in [9.17, 15) is 14.4 Å². The summed E-state index contributed by atoms with van der Waals surface area (Å²) >= 11 is 0. The number of esters is 1. The number of ether oxygens (including phenoxy) is 1. The predicted octanol–water partition coefficient (Wildman–Crippen LogP) is 5.49. The van der Waals surface area contributed by atoms with Crippen LogP contribution in [0.2, 0.25) is 0 Å². The smallest absolute Gasteiger partial charge is 0.311 e. The molecule has 0 aromatic heterocycles. The Morgan fingerprint density at radius 1 is 0.756 bits per heavy atom. The molecule has 6 heteroatoms. The number of nitrogens with one attached hydrogen (secondary N) is 1. The number of benzene rings is 4. The first-order chi connectivity index (χ1) is 20.0. The lowest BCUT2D eigenvalue weighted by Gasteiger charge is -2.31. The van der Waals surface area contributed by atoms with E-state index in [1.54, 1.807) is 17.0 Å². The number of methoxy groups -OCH3 is 1. The van der Waals surface area contributed by atoms with Crippen molar-refractivity contribution < 1.29 is 19.1 Å². The molecule has 0 aliphatic carbocycles. The van der Waals surface area contributed by atoms with Gasteiger partial charge in [-0.25, -0.2) is 0 Å². The van der Waals surface area contributed by atoms with Crippen molar-refractivity contribution in [2.24, 2.45) is 5.92 Å². The minimum atomic E-state index is -0.948. The van der Waals surface area contributed by atoms with Crippen molar-refractivity contribution in [1.29, 1.82) is 0 Å². The topological polar surface area (TPSA) is 75.7 Å². The number of carbonyl (C=O) groups is 3. The summed E-state index contributed by atoms with van der Waals surface area (Å²) in [6, 6.07) is 34.5. The molecular formula is C35H34N2O4. The van der Waals surface area contributed by atoms with E-state index in [-0.39, 0.29) is 11.8 Å².